The monoisotopic (exact) mass is 239 g/mol. The number of rotatable bonds is 0. The van der Waals surface area contributed by atoms with Crippen LogP contribution in [0.4, 0.5) is 0 Å². The average molecular weight is 239 g/mol. The van der Waals surface area contributed by atoms with Gasteiger partial charge in [-0.3, -0.25) is 0 Å². The fraction of sp³-hybridized carbons (Fsp3) is 0.364. The molecule has 0 atom stereocenters. The number of hydrogen-bond donors (Lipinski definition) is 0. The predicted molar refractivity (Wildman–Crippen MR) is 62.3 cm³/mol. The van der Waals surface area contributed by atoms with Crippen molar-refractivity contribution in [1.29, 1.82) is 0 Å². The van der Waals surface area contributed by atoms with Crippen molar-refractivity contribution in [1.82, 2.24) is 0 Å². The molecule has 1 aliphatic heterocycles. The van der Waals surface area contributed by atoms with E-state index >= 15 is 0 Å². The van der Waals surface area contributed by atoms with Gasteiger partial charge in [0.1, 0.15) is 0 Å². The number of hydrogen-bond acceptors (Lipinski definition) is 3. The van der Waals surface area contributed by atoms with Crippen LogP contribution in [0.1, 0.15) is 31.9 Å². The minimum Gasteiger partial charge on any atom is -0.365 e. The van der Waals surface area contributed by atoms with E-state index in [-0.39, 0.29) is 5.41 Å². The Morgan fingerprint density at radius 1 is 1.25 bits per heavy atom. The highest BCUT2D eigenvalue weighted by Gasteiger charge is 2.26. The zero-order valence-electron chi connectivity index (χ0n) is 9.39. The Morgan fingerprint density at radius 3 is 2.56 bits per heavy atom. The van der Waals surface area contributed by atoms with Crippen LogP contribution in [0.3, 0.4) is 0 Å². The van der Waals surface area contributed by atoms with Gasteiger partial charge < -0.3 is 4.18 Å². The summed E-state index contributed by atoms with van der Waals surface area (Å²) in [4.78, 5) is 0. The number of nitrogens with zero attached hydrogens (tertiary/aromatic N) is 1. The van der Waals surface area contributed by atoms with E-state index < -0.39 is 10.3 Å². The van der Waals surface area contributed by atoms with Crippen LogP contribution in [0, 0.1) is 0 Å². The molecule has 86 valence electrons. The molecule has 1 aromatic carbocycles. The summed E-state index contributed by atoms with van der Waals surface area (Å²) in [6, 6.07) is 5.52. The van der Waals surface area contributed by atoms with E-state index in [9.17, 15) is 8.42 Å². The molecule has 0 amide bonds. The van der Waals surface area contributed by atoms with E-state index in [0.717, 1.165) is 5.56 Å². The highest BCUT2D eigenvalue weighted by molar-refractivity contribution is 7.86. The Balaban J connectivity index is 2.67. The van der Waals surface area contributed by atoms with E-state index in [4.69, 9.17) is 4.18 Å². The molecule has 0 aromatic heterocycles. The van der Waals surface area contributed by atoms with Gasteiger partial charge in [0, 0.05) is 11.1 Å². The second kappa shape index (κ2) is 3.31. The summed E-state index contributed by atoms with van der Waals surface area (Å²) in [7, 11) is -3.81. The van der Waals surface area contributed by atoms with Crippen molar-refractivity contribution >= 4 is 16.5 Å². The van der Waals surface area contributed by atoms with Crippen molar-refractivity contribution < 1.29 is 12.6 Å². The highest BCUT2D eigenvalue weighted by Crippen LogP contribution is 2.35. The van der Waals surface area contributed by atoms with Crippen LogP contribution in [0.15, 0.2) is 22.6 Å². The van der Waals surface area contributed by atoms with Crippen molar-refractivity contribution in [3.63, 3.8) is 0 Å². The zero-order chi connectivity index (χ0) is 12.0. The Morgan fingerprint density at radius 2 is 1.94 bits per heavy atom. The summed E-state index contributed by atoms with van der Waals surface area (Å²) in [6.45, 7) is 6.01. The minimum atomic E-state index is -3.81. The first-order valence-electron chi connectivity index (χ1n) is 4.93. The molecule has 0 spiro atoms. The fourth-order valence-corrected chi connectivity index (χ4v) is 2.27. The second-order valence-corrected chi connectivity index (χ2v) is 5.95. The molecule has 2 rings (SSSR count). The molecule has 5 heteroatoms. The maximum absolute atomic E-state index is 11.3. The van der Waals surface area contributed by atoms with Crippen molar-refractivity contribution in [2.45, 2.75) is 26.2 Å². The summed E-state index contributed by atoms with van der Waals surface area (Å²) >= 11 is 0. The smallest absolute Gasteiger partial charge is 0.365 e. The van der Waals surface area contributed by atoms with Crippen molar-refractivity contribution in [2.24, 2.45) is 4.40 Å². The molecule has 0 fully saturated rings. The molecule has 0 bridgehead atoms. The molecule has 4 nitrogen and oxygen atoms in total. The lowest BCUT2D eigenvalue weighted by Crippen LogP contribution is -2.19. The topological polar surface area (TPSA) is 55.7 Å². The Labute approximate surface area is 95.2 Å². The van der Waals surface area contributed by atoms with Crippen molar-refractivity contribution in [2.75, 3.05) is 0 Å². The van der Waals surface area contributed by atoms with Crippen molar-refractivity contribution in [3.8, 4) is 5.75 Å². The highest BCUT2D eigenvalue weighted by atomic mass is 32.2. The lowest BCUT2D eigenvalue weighted by molar-refractivity contribution is 0.469. The minimum absolute atomic E-state index is 0.175. The van der Waals surface area contributed by atoms with Gasteiger partial charge in [-0.1, -0.05) is 32.9 Å². The van der Waals surface area contributed by atoms with Crippen molar-refractivity contribution in [3.05, 3.63) is 29.3 Å². The molecule has 0 radical (unpaired) electrons. The SMILES string of the molecule is CC(C)(C)c1cccc2c1OS(=O)(=O)N=C2. The van der Waals surface area contributed by atoms with Crippen LogP contribution in [0.2, 0.25) is 0 Å². The molecular weight excluding hydrogens is 226 g/mol. The molecular formula is C11H13NO3S. The predicted octanol–water partition coefficient (Wildman–Crippen LogP) is 2.04. The second-order valence-electron chi connectivity index (χ2n) is 4.72. The van der Waals surface area contributed by atoms with Crippen LogP contribution in [-0.2, 0) is 15.7 Å². The van der Waals surface area contributed by atoms with E-state index in [2.05, 4.69) is 4.40 Å². The van der Waals surface area contributed by atoms with Crippen LogP contribution in [0.25, 0.3) is 0 Å². The molecule has 1 aromatic rings. The van der Waals surface area contributed by atoms with Gasteiger partial charge >= 0.3 is 10.3 Å². The lowest BCUT2D eigenvalue weighted by atomic mass is 9.85. The summed E-state index contributed by atoms with van der Waals surface area (Å²) in [5.41, 5.74) is 1.38. The van der Waals surface area contributed by atoms with Crippen LogP contribution in [0.5, 0.6) is 5.75 Å². The Bertz CT molecular complexity index is 553. The lowest BCUT2D eigenvalue weighted by Gasteiger charge is -2.24. The third-order valence-electron chi connectivity index (χ3n) is 2.36. The molecule has 1 heterocycles. The summed E-state index contributed by atoms with van der Waals surface area (Å²) in [5, 5.41) is 0. The van der Waals surface area contributed by atoms with E-state index in [1.165, 1.54) is 6.21 Å². The van der Waals surface area contributed by atoms with Gasteiger partial charge in [-0.2, -0.15) is 8.42 Å². The third kappa shape index (κ3) is 1.95. The van der Waals surface area contributed by atoms with E-state index in [0.29, 0.717) is 11.3 Å². The maximum Gasteiger partial charge on any atom is 0.428 e. The summed E-state index contributed by atoms with van der Waals surface area (Å²) in [6.07, 6.45) is 1.32. The number of para-hydroxylation sites is 1. The molecule has 1 aliphatic rings. The first-order valence-corrected chi connectivity index (χ1v) is 6.29. The van der Waals surface area contributed by atoms with Crippen LogP contribution >= 0.6 is 0 Å². The molecule has 0 aliphatic carbocycles. The Kier molecular flexibility index (Phi) is 2.31. The normalized spacial score (nSPS) is 17.7. The van der Waals surface area contributed by atoms with E-state index in [1.807, 2.05) is 32.9 Å². The van der Waals surface area contributed by atoms with Gasteiger partial charge in [0.15, 0.2) is 5.75 Å². The average Bonchev–Trinajstić information content (AvgIpc) is 2.13. The molecule has 0 saturated heterocycles. The molecule has 0 unspecified atom stereocenters. The first-order chi connectivity index (χ1) is 7.30. The summed E-state index contributed by atoms with van der Waals surface area (Å²) in [5.74, 6) is 0.394. The van der Waals surface area contributed by atoms with Gasteiger partial charge in [0.25, 0.3) is 0 Å². The number of fused-ring (bicyclic) bond motifs is 1. The van der Waals surface area contributed by atoms with Gasteiger partial charge in [-0.25, -0.2) is 0 Å². The summed E-state index contributed by atoms with van der Waals surface area (Å²) < 4.78 is 30.8. The third-order valence-corrected chi connectivity index (χ3v) is 3.10. The van der Waals surface area contributed by atoms with Crippen LogP contribution in [-0.4, -0.2) is 14.6 Å². The molecule has 0 saturated carbocycles. The number of benzene rings is 1. The maximum atomic E-state index is 11.3. The van der Waals surface area contributed by atoms with Gasteiger partial charge in [-0.05, 0) is 11.5 Å². The fourth-order valence-electron chi connectivity index (χ4n) is 1.59. The zero-order valence-corrected chi connectivity index (χ0v) is 10.2. The first kappa shape index (κ1) is 11.1. The molecule has 0 N–H and O–H groups in total. The van der Waals surface area contributed by atoms with E-state index in [1.54, 1.807) is 6.07 Å². The Hall–Kier alpha value is -1.36. The largest absolute Gasteiger partial charge is 0.428 e. The van der Waals surface area contributed by atoms with Gasteiger partial charge in [-0.15, -0.1) is 4.40 Å². The molecule has 16 heavy (non-hydrogen) atoms. The van der Waals surface area contributed by atoms with Crippen LogP contribution < -0.4 is 4.18 Å². The quantitative estimate of drug-likeness (QED) is 0.696. The standard InChI is InChI=1S/C11H13NO3S/c1-11(2,3)9-6-4-5-8-7-12-16(13,14)15-10(8)9/h4-7H,1-3H3. The van der Waals surface area contributed by atoms with Gasteiger partial charge in [0.2, 0.25) is 0 Å². The van der Waals surface area contributed by atoms with Gasteiger partial charge in [0.05, 0.1) is 6.21 Å².